The summed E-state index contributed by atoms with van der Waals surface area (Å²) in [5, 5.41) is 14.8. The summed E-state index contributed by atoms with van der Waals surface area (Å²) >= 11 is 0. The van der Waals surface area contributed by atoms with Crippen LogP contribution in [0.2, 0.25) is 0 Å². The molecule has 6 heteroatoms. The number of carboxylic acids is 2. The zero-order valence-corrected chi connectivity index (χ0v) is 15.6. The Hall–Kier alpha value is -2.52. The molecule has 1 aromatic rings. The van der Waals surface area contributed by atoms with Gasteiger partial charge in [-0.1, -0.05) is 37.8 Å². The molecule has 0 bridgehead atoms. The Bertz CT molecular complexity index is 655. The van der Waals surface area contributed by atoms with Gasteiger partial charge < -0.3 is 14.9 Å². The van der Waals surface area contributed by atoms with E-state index in [0.29, 0.717) is 12.5 Å². The number of rotatable bonds is 4. The van der Waals surface area contributed by atoms with Crippen molar-refractivity contribution in [3.8, 4) is 17.6 Å². The van der Waals surface area contributed by atoms with E-state index in [0.717, 1.165) is 12.3 Å². The van der Waals surface area contributed by atoms with Crippen LogP contribution in [-0.4, -0.2) is 53.3 Å². The lowest BCUT2D eigenvalue weighted by atomic mass is 10.0. The minimum Gasteiger partial charge on any atom is -0.481 e. The molecule has 0 unspecified atom stereocenters. The standard InChI is InChI=1S/C18H25NO.C2H2O4/c1-15(2)17-9-8-16(3)14-18(17)20-13-7-6-12-19-10-4-5-11-19;3-1(4)2(5)6/h8-9,14-15H,4-5,10-13H2,1-3H3;(H,3,4)(H,5,6). The molecule has 0 aliphatic carbocycles. The van der Waals surface area contributed by atoms with Gasteiger partial charge in [0.15, 0.2) is 0 Å². The summed E-state index contributed by atoms with van der Waals surface area (Å²) in [5.74, 6) is 4.15. The van der Waals surface area contributed by atoms with Gasteiger partial charge in [0.25, 0.3) is 0 Å². The summed E-state index contributed by atoms with van der Waals surface area (Å²) < 4.78 is 5.85. The monoisotopic (exact) mass is 361 g/mol. The maximum atomic E-state index is 9.10. The number of likely N-dealkylation sites (tertiary alicyclic amines) is 1. The van der Waals surface area contributed by atoms with Crippen LogP contribution >= 0.6 is 0 Å². The van der Waals surface area contributed by atoms with Crippen molar-refractivity contribution in [1.82, 2.24) is 4.90 Å². The van der Waals surface area contributed by atoms with Crippen LogP contribution in [0.3, 0.4) is 0 Å². The van der Waals surface area contributed by atoms with Gasteiger partial charge in [0, 0.05) is 0 Å². The first-order valence-electron chi connectivity index (χ1n) is 8.69. The Morgan fingerprint density at radius 2 is 1.77 bits per heavy atom. The summed E-state index contributed by atoms with van der Waals surface area (Å²) in [6, 6.07) is 6.41. The van der Waals surface area contributed by atoms with Crippen molar-refractivity contribution in [3.63, 3.8) is 0 Å². The molecule has 26 heavy (non-hydrogen) atoms. The lowest BCUT2D eigenvalue weighted by Gasteiger charge is -2.13. The molecule has 2 rings (SSSR count). The first kappa shape index (κ1) is 21.5. The molecule has 0 radical (unpaired) electrons. The highest BCUT2D eigenvalue weighted by atomic mass is 16.5. The van der Waals surface area contributed by atoms with Gasteiger partial charge in [-0.25, -0.2) is 9.59 Å². The van der Waals surface area contributed by atoms with E-state index in [4.69, 9.17) is 24.5 Å². The highest BCUT2D eigenvalue weighted by molar-refractivity contribution is 6.27. The lowest BCUT2D eigenvalue weighted by molar-refractivity contribution is -0.159. The van der Waals surface area contributed by atoms with Gasteiger partial charge in [-0.15, -0.1) is 0 Å². The average Bonchev–Trinajstić information content (AvgIpc) is 3.08. The van der Waals surface area contributed by atoms with Gasteiger partial charge in [0.2, 0.25) is 0 Å². The summed E-state index contributed by atoms with van der Waals surface area (Å²) in [6.45, 7) is 10.2. The molecule has 2 N–H and O–H groups in total. The van der Waals surface area contributed by atoms with Crippen LogP contribution in [0.25, 0.3) is 0 Å². The van der Waals surface area contributed by atoms with Gasteiger partial charge in [-0.05, 0) is 56.0 Å². The SMILES string of the molecule is Cc1ccc(C(C)C)c(OCC#CCN2CCCC2)c1.O=C(O)C(=O)O. The average molecular weight is 361 g/mol. The zero-order valence-electron chi connectivity index (χ0n) is 15.6. The fourth-order valence-electron chi connectivity index (χ4n) is 2.52. The first-order chi connectivity index (χ1) is 12.3. The van der Waals surface area contributed by atoms with E-state index >= 15 is 0 Å². The highest BCUT2D eigenvalue weighted by Crippen LogP contribution is 2.27. The topological polar surface area (TPSA) is 87.1 Å². The molecule has 1 aliphatic rings. The second-order valence-corrected chi connectivity index (χ2v) is 6.43. The smallest absolute Gasteiger partial charge is 0.414 e. The Morgan fingerprint density at radius 1 is 1.15 bits per heavy atom. The molecule has 1 aliphatic heterocycles. The molecule has 1 fully saturated rings. The van der Waals surface area contributed by atoms with E-state index in [9.17, 15) is 0 Å². The summed E-state index contributed by atoms with van der Waals surface area (Å²) in [4.78, 5) is 20.6. The maximum Gasteiger partial charge on any atom is 0.414 e. The van der Waals surface area contributed by atoms with Crippen molar-refractivity contribution >= 4 is 11.9 Å². The number of carbonyl (C=O) groups is 2. The number of aliphatic carboxylic acids is 2. The quantitative estimate of drug-likeness (QED) is 0.633. The molecule has 6 nitrogen and oxygen atoms in total. The number of aryl methyl sites for hydroxylation is 1. The maximum absolute atomic E-state index is 9.10. The van der Waals surface area contributed by atoms with E-state index in [1.807, 2.05) is 0 Å². The Labute approximate surface area is 154 Å². The summed E-state index contributed by atoms with van der Waals surface area (Å²) in [6.07, 6.45) is 2.64. The number of benzene rings is 1. The number of ether oxygens (including phenoxy) is 1. The van der Waals surface area contributed by atoms with Gasteiger partial charge in [-0.2, -0.15) is 0 Å². The van der Waals surface area contributed by atoms with Crippen LogP contribution in [0.15, 0.2) is 18.2 Å². The number of hydrogen-bond donors (Lipinski definition) is 2. The van der Waals surface area contributed by atoms with Crippen molar-refractivity contribution in [1.29, 1.82) is 0 Å². The van der Waals surface area contributed by atoms with Crippen LogP contribution < -0.4 is 4.74 Å². The predicted octanol–water partition coefficient (Wildman–Crippen LogP) is 2.75. The number of carboxylic acid groups (broad SMARTS) is 2. The molecule has 0 spiro atoms. The normalized spacial score (nSPS) is 13.4. The third-order valence-electron chi connectivity index (χ3n) is 3.90. The minimum absolute atomic E-state index is 0.475. The van der Waals surface area contributed by atoms with Gasteiger partial charge in [0.1, 0.15) is 12.4 Å². The highest BCUT2D eigenvalue weighted by Gasteiger charge is 2.09. The third-order valence-corrected chi connectivity index (χ3v) is 3.90. The van der Waals surface area contributed by atoms with Gasteiger partial charge in [-0.3, -0.25) is 4.90 Å². The molecule has 0 saturated carbocycles. The Kier molecular flexibility index (Phi) is 9.24. The van der Waals surface area contributed by atoms with E-state index < -0.39 is 11.9 Å². The van der Waals surface area contributed by atoms with E-state index in [1.54, 1.807) is 0 Å². The Morgan fingerprint density at radius 3 is 2.31 bits per heavy atom. The van der Waals surface area contributed by atoms with Crippen LogP contribution in [0, 0.1) is 18.8 Å². The fourth-order valence-corrected chi connectivity index (χ4v) is 2.52. The molecule has 142 valence electrons. The van der Waals surface area contributed by atoms with Crippen molar-refractivity contribution in [3.05, 3.63) is 29.3 Å². The van der Waals surface area contributed by atoms with E-state index in [2.05, 4.69) is 55.7 Å². The summed E-state index contributed by atoms with van der Waals surface area (Å²) in [7, 11) is 0. The predicted molar refractivity (Wildman–Crippen MR) is 99.5 cm³/mol. The van der Waals surface area contributed by atoms with Crippen molar-refractivity contribution in [2.45, 2.75) is 39.5 Å². The molecule has 0 aromatic heterocycles. The second kappa shape index (κ2) is 11.2. The van der Waals surface area contributed by atoms with Crippen molar-refractivity contribution < 1.29 is 24.5 Å². The van der Waals surface area contributed by atoms with Crippen molar-refractivity contribution in [2.24, 2.45) is 0 Å². The molecule has 1 heterocycles. The first-order valence-corrected chi connectivity index (χ1v) is 8.69. The van der Waals surface area contributed by atoms with E-state index in [1.165, 1.54) is 37.1 Å². The van der Waals surface area contributed by atoms with Crippen LogP contribution in [0.5, 0.6) is 5.75 Å². The molecule has 0 atom stereocenters. The molecule has 0 amide bonds. The fraction of sp³-hybridized carbons (Fsp3) is 0.500. The molecule has 1 saturated heterocycles. The largest absolute Gasteiger partial charge is 0.481 e. The van der Waals surface area contributed by atoms with Crippen molar-refractivity contribution in [2.75, 3.05) is 26.2 Å². The van der Waals surface area contributed by atoms with E-state index in [-0.39, 0.29) is 0 Å². The van der Waals surface area contributed by atoms with Crippen LogP contribution in [-0.2, 0) is 9.59 Å². The Balaban J connectivity index is 0.000000487. The minimum atomic E-state index is -1.82. The van der Waals surface area contributed by atoms with Gasteiger partial charge >= 0.3 is 11.9 Å². The van der Waals surface area contributed by atoms with Crippen LogP contribution in [0.1, 0.15) is 43.7 Å². The third kappa shape index (κ3) is 8.04. The van der Waals surface area contributed by atoms with Crippen LogP contribution in [0.4, 0.5) is 0 Å². The summed E-state index contributed by atoms with van der Waals surface area (Å²) in [5.41, 5.74) is 2.49. The zero-order chi connectivity index (χ0) is 19.5. The number of nitrogens with zero attached hydrogens (tertiary/aromatic N) is 1. The molecular weight excluding hydrogens is 334 g/mol. The number of hydrogen-bond acceptors (Lipinski definition) is 4. The second-order valence-electron chi connectivity index (χ2n) is 6.43. The lowest BCUT2D eigenvalue weighted by Crippen LogP contribution is -2.19. The van der Waals surface area contributed by atoms with Gasteiger partial charge in [0.05, 0.1) is 6.54 Å². The molecule has 1 aromatic carbocycles. The molecular formula is C20H27NO5.